The van der Waals surface area contributed by atoms with Gasteiger partial charge in [-0.15, -0.1) is 10.2 Å². The van der Waals surface area contributed by atoms with Gasteiger partial charge in [-0.25, -0.2) is 0 Å². The van der Waals surface area contributed by atoms with Crippen LogP contribution in [0.25, 0.3) is 17.1 Å². The van der Waals surface area contributed by atoms with Gasteiger partial charge in [0.25, 0.3) is 0 Å². The molecular formula is C20H15BrN4S. The summed E-state index contributed by atoms with van der Waals surface area (Å²) in [7, 11) is 0. The second-order valence-electron chi connectivity index (χ2n) is 5.63. The van der Waals surface area contributed by atoms with E-state index in [2.05, 4.69) is 72.1 Å². The fourth-order valence-corrected chi connectivity index (χ4v) is 3.77. The van der Waals surface area contributed by atoms with Crippen LogP contribution in [0.4, 0.5) is 0 Å². The molecule has 0 aliphatic heterocycles. The molecule has 0 amide bonds. The van der Waals surface area contributed by atoms with Crippen molar-refractivity contribution >= 4 is 27.7 Å². The van der Waals surface area contributed by atoms with E-state index in [1.54, 1.807) is 24.2 Å². The van der Waals surface area contributed by atoms with Crippen LogP contribution in [-0.2, 0) is 5.75 Å². The molecule has 0 saturated heterocycles. The van der Waals surface area contributed by atoms with Crippen LogP contribution in [-0.4, -0.2) is 19.7 Å². The molecule has 0 N–H and O–H groups in total. The summed E-state index contributed by atoms with van der Waals surface area (Å²) in [6.45, 7) is 0. The monoisotopic (exact) mass is 422 g/mol. The maximum atomic E-state index is 4.45. The lowest BCUT2D eigenvalue weighted by Gasteiger charge is -2.10. The van der Waals surface area contributed by atoms with Crippen molar-refractivity contribution in [2.24, 2.45) is 0 Å². The highest BCUT2D eigenvalue weighted by Crippen LogP contribution is 2.30. The maximum absolute atomic E-state index is 4.45. The summed E-state index contributed by atoms with van der Waals surface area (Å²) >= 11 is 5.17. The third-order valence-corrected chi connectivity index (χ3v) is 5.40. The molecule has 4 rings (SSSR count). The first-order chi connectivity index (χ1) is 12.8. The molecule has 0 aliphatic rings. The first-order valence-electron chi connectivity index (χ1n) is 8.10. The molecule has 2 heterocycles. The van der Waals surface area contributed by atoms with Crippen LogP contribution >= 0.6 is 27.7 Å². The first kappa shape index (κ1) is 17.0. The lowest BCUT2D eigenvalue weighted by molar-refractivity contribution is 0.885. The Morgan fingerprint density at radius 2 is 1.58 bits per heavy atom. The van der Waals surface area contributed by atoms with Crippen molar-refractivity contribution < 1.29 is 0 Å². The molecule has 0 fully saturated rings. The molecule has 6 heteroatoms. The minimum absolute atomic E-state index is 0.810. The number of hydrogen-bond acceptors (Lipinski definition) is 4. The predicted octanol–water partition coefficient (Wildman–Crippen LogP) is 5.38. The smallest absolute Gasteiger partial charge is 0.196 e. The zero-order valence-corrected chi connectivity index (χ0v) is 16.2. The Morgan fingerprint density at radius 3 is 2.31 bits per heavy atom. The number of benzene rings is 2. The Kier molecular flexibility index (Phi) is 5.13. The van der Waals surface area contributed by atoms with Gasteiger partial charge >= 0.3 is 0 Å². The Balaban J connectivity index is 1.74. The van der Waals surface area contributed by atoms with Gasteiger partial charge in [-0.3, -0.25) is 9.55 Å². The molecule has 2 aromatic heterocycles. The van der Waals surface area contributed by atoms with Gasteiger partial charge in [0, 0.05) is 33.9 Å². The number of hydrogen-bond donors (Lipinski definition) is 0. The Hall–Kier alpha value is -2.44. The summed E-state index contributed by atoms with van der Waals surface area (Å²) in [5.74, 6) is 1.65. The summed E-state index contributed by atoms with van der Waals surface area (Å²) in [5.41, 5.74) is 3.27. The number of thioether (sulfide) groups is 1. The minimum Gasteiger partial charge on any atom is -0.270 e. The van der Waals surface area contributed by atoms with Crippen molar-refractivity contribution in [3.63, 3.8) is 0 Å². The lowest BCUT2D eigenvalue weighted by Crippen LogP contribution is -1.99. The molecule has 0 aliphatic carbocycles. The molecular weight excluding hydrogens is 408 g/mol. The summed E-state index contributed by atoms with van der Waals surface area (Å²) in [4.78, 5) is 4.10. The van der Waals surface area contributed by atoms with E-state index in [-0.39, 0.29) is 0 Å². The van der Waals surface area contributed by atoms with E-state index in [4.69, 9.17) is 0 Å². The van der Waals surface area contributed by atoms with Crippen LogP contribution in [0.5, 0.6) is 0 Å². The SMILES string of the molecule is Brc1ccc(-n2c(SCc3ccccc3)nnc2-c2ccncc2)cc1. The van der Waals surface area contributed by atoms with Crippen LogP contribution in [0.2, 0.25) is 0 Å². The molecule has 0 spiro atoms. The van der Waals surface area contributed by atoms with Crippen molar-refractivity contribution in [2.75, 3.05) is 0 Å². The van der Waals surface area contributed by atoms with E-state index in [0.29, 0.717) is 0 Å². The standard InChI is InChI=1S/C20H15BrN4S/c21-17-6-8-18(9-7-17)25-19(16-10-12-22-13-11-16)23-24-20(25)26-14-15-4-2-1-3-5-15/h1-13H,14H2. The highest BCUT2D eigenvalue weighted by Gasteiger charge is 2.16. The van der Waals surface area contributed by atoms with E-state index < -0.39 is 0 Å². The fourth-order valence-electron chi connectivity index (χ4n) is 2.60. The topological polar surface area (TPSA) is 43.6 Å². The van der Waals surface area contributed by atoms with Crippen LogP contribution < -0.4 is 0 Å². The number of aromatic nitrogens is 4. The largest absolute Gasteiger partial charge is 0.270 e. The quantitative estimate of drug-likeness (QED) is 0.404. The molecule has 4 aromatic rings. The van der Waals surface area contributed by atoms with Crippen molar-refractivity contribution in [2.45, 2.75) is 10.9 Å². The highest BCUT2D eigenvalue weighted by molar-refractivity contribution is 9.10. The minimum atomic E-state index is 0.810. The van der Waals surface area contributed by atoms with Gasteiger partial charge in [0.1, 0.15) is 0 Å². The third-order valence-electron chi connectivity index (χ3n) is 3.87. The Bertz CT molecular complexity index is 986. The fraction of sp³-hybridized carbons (Fsp3) is 0.0500. The van der Waals surface area contributed by atoms with Crippen molar-refractivity contribution in [1.82, 2.24) is 19.7 Å². The number of nitrogens with zero attached hydrogens (tertiary/aromatic N) is 4. The van der Waals surface area contributed by atoms with Crippen LogP contribution in [0.1, 0.15) is 5.56 Å². The second kappa shape index (κ2) is 7.85. The lowest BCUT2D eigenvalue weighted by atomic mass is 10.2. The molecule has 0 atom stereocenters. The van der Waals surface area contributed by atoms with Gasteiger partial charge in [0.2, 0.25) is 0 Å². The Labute approximate surface area is 164 Å². The number of rotatable bonds is 5. The van der Waals surface area contributed by atoms with E-state index >= 15 is 0 Å². The first-order valence-corrected chi connectivity index (χ1v) is 9.87. The second-order valence-corrected chi connectivity index (χ2v) is 7.49. The van der Waals surface area contributed by atoms with Crippen LogP contribution in [0.3, 0.4) is 0 Å². The van der Waals surface area contributed by atoms with Gasteiger partial charge < -0.3 is 0 Å². The predicted molar refractivity (Wildman–Crippen MR) is 108 cm³/mol. The molecule has 0 saturated carbocycles. The zero-order chi connectivity index (χ0) is 17.8. The van der Waals surface area contributed by atoms with Gasteiger partial charge in [-0.2, -0.15) is 0 Å². The van der Waals surface area contributed by atoms with E-state index in [1.807, 2.05) is 30.3 Å². The number of halogens is 1. The van der Waals surface area contributed by atoms with E-state index in [1.165, 1.54) is 5.56 Å². The van der Waals surface area contributed by atoms with Crippen molar-refractivity contribution in [1.29, 1.82) is 0 Å². The Morgan fingerprint density at radius 1 is 0.846 bits per heavy atom. The van der Waals surface area contributed by atoms with Gasteiger partial charge in [-0.05, 0) is 42.0 Å². The molecule has 2 aromatic carbocycles. The van der Waals surface area contributed by atoms with Gasteiger partial charge in [0.15, 0.2) is 11.0 Å². The summed E-state index contributed by atoms with van der Waals surface area (Å²) in [6.07, 6.45) is 3.54. The van der Waals surface area contributed by atoms with Crippen molar-refractivity contribution in [3.05, 3.63) is 89.2 Å². The third kappa shape index (κ3) is 3.71. The molecule has 128 valence electrons. The van der Waals surface area contributed by atoms with E-state index in [9.17, 15) is 0 Å². The molecule has 4 nitrogen and oxygen atoms in total. The average molecular weight is 423 g/mol. The molecule has 0 unspecified atom stereocenters. The normalized spacial score (nSPS) is 10.8. The van der Waals surface area contributed by atoms with Gasteiger partial charge in [0.05, 0.1) is 0 Å². The summed E-state index contributed by atoms with van der Waals surface area (Å²) in [6, 6.07) is 22.4. The zero-order valence-electron chi connectivity index (χ0n) is 13.8. The maximum Gasteiger partial charge on any atom is 0.196 e. The summed E-state index contributed by atoms with van der Waals surface area (Å²) < 4.78 is 3.13. The summed E-state index contributed by atoms with van der Waals surface area (Å²) in [5, 5.41) is 9.76. The van der Waals surface area contributed by atoms with E-state index in [0.717, 1.165) is 32.5 Å². The van der Waals surface area contributed by atoms with Crippen molar-refractivity contribution in [3.8, 4) is 17.1 Å². The van der Waals surface area contributed by atoms with Crippen LogP contribution in [0, 0.1) is 0 Å². The number of pyridine rings is 1. The van der Waals surface area contributed by atoms with Crippen LogP contribution in [0.15, 0.2) is 88.8 Å². The molecule has 0 bridgehead atoms. The van der Waals surface area contributed by atoms with Gasteiger partial charge in [-0.1, -0.05) is 58.0 Å². The average Bonchev–Trinajstić information content (AvgIpc) is 3.12. The highest BCUT2D eigenvalue weighted by atomic mass is 79.9. The molecule has 26 heavy (non-hydrogen) atoms. The molecule has 0 radical (unpaired) electrons.